The van der Waals surface area contributed by atoms with Gasteiger partial charge in [0.1, 0.15) is 11.6 Å². The van der Waals surface area contributed by atoms with Crippen LogP contribution in [0.5, 0.6) is 0 Å². The molecular weight excluding hydrogens is 307 g/mol. The number of urea groups is 1. The highest BCUT2D eigenvalue weighted by molar-refractivity contribution is 6.41. The lowest BCUT2D eigenvalue weighted by Gasteiger charge is -2.12. The van der Waals surface area contributed by atoms with Crippen molar-refractivity contribution in [1.82, 2.24) is 20.4 Å². The second-order valence-electron chi connectivity index (χ2n) is 4.10. The average Bonchev–Trinajstić information content (AvgIpc) is 2.39. The molecular formula is C11H14Cl2N4O3. The third kappa shape index (κ3) is 4.50. The zero-order chi connectivity index (χ0) is 15.3. The van der Waals surface area contributed by atoms with Crippen LogP contribution in [-0.4, -0.2) is 27.8 Å². The van der Waals surface area contributed by atoms with E-state index in [0.717, 1.165) is 17.3 Å². The van der Waals surface area contributed by atoms with Gasteiger partial charge in [0.2, 0.25) is 5.91 Å². The fourth-order valence-corrected chi connectivity index (χ4v) is 1.49. The summed E-state index contributed by atoms with van der Waals surface area (Å²) >= 11 is 11.3. The topological polar surface area (TPSA) is 93.1 Å². The van der Waals surface area contributed by atoms with Crippen LogP contribution >= 0.6 is 23.2 Å². The second-order valence-corrected chi connectivity index (χ2v) is 4.89. The highest BCUT2D eigenvalue weighted by Gasteiger charge is 2.13. The first-order valence-electron chi connectivity index (χ1n) is 5.86. The normalized spacial score (nSPS) is 11.8. The van der Waals surface area contributed by atoms with Crippen LogP contribution in [0.1, 0.15) is 20.3 Å². The van der Waals surface area contributed by atoms with Gasteiger partial charge in [-0.15, -0.1) is 0 Å². The Morgan fingerprint density at radius 2 is 2.10 bits per heavy atom. The van der Waals surface area contributed by atoms with Gasteiger partial charge in [-0.25, -0.2) is 9.48 Å². The Hall–Kier alpha value is -1.60. The number of halogens is 2. The van der Waals surface area contributed by atoms with E-state index in [4.69, 9.17) is 23.2 Å². The van der Waals surface area contributed by atoms with Crippen molar-refractivity contribution in [3.8, 4) is 0 Å². The molecule has 0 aromatic carbocycles. The molecule has 0 aliphatic carbocycles. The van der Waals surface area contributed by atoms with E-state index in [-0.39, 0.29) is 16.1 Å². The fourth-order valence-electron chi connectivity index (χ4n) is 1.22. The first-order chi connectivity index (χ1) is 9.35. The van der Waals surface area contributed by atoms with Gasteiger partial charge in [-0.05, 0) is 13.3 Å². The van der Waals surface area contributed by atoms with E-state index in [0.29, 0.717) is 0 Å². The highest BCUT2D eigenvalue weighted by Crippen LogP contribution is 2.14. The molecule has 0 radical (unpaired) electrons. The van der Waals surface area contributed by atoms with Crippen LogP contribution in [0, 0.1) is 0 Å². The average molecular weight is 321 g/mol. The predicted octanol–water partition coefficient (Wildman–Crippen LogP) is 1.17. The highest BCUT2D eigenvalue weighted by atomic mass is 35.5. The summed E-state index contributed by atoms with van der Waals surface area (Å²) in [4.78, 5) is 34.7. The number of imide groups is 1. The summed E-state index contributed by atoms with van der Waals surface area (Å²) in [5.74, 6) is -0.682. The third-order valence-electron chi connectivity index (χ3n) is 2.48. The minimum Gasteiger partial charge on any atom is -0.335 e. The maximum absolute atomic E-state index is 11.6. The Morgan fingerprint density at radius 3 is 2.70 bits per heavy atom. The molecule has 0 spiro atoms. The fraction of sp³-hybridized carbons (Fsp3) is 0.455. The summed E-state index contributed by atoms with van der Waals surface area (Å²) in [5, 5.41) is 8.08. The smallest absolute Gasteiger partial charge is 0.321 e. The zero-order valence-corrected chi connectivity index (χ0v) is 12.5. The first-order valence-corrected chi connectivity index (χ1v) is 6.62. The van der Waals surface area contributed by atoms with Crippen molar-refractivity contribution in [3.05, 3.63) is 26.6 Å². The van der Waals surface area contributed by atoms with Crippen molar-refractivity contribution in [1.29, 1.82) is 0 Å². The maximum atomic E-state index is 11.6. The molecule has 0 aliphatic heterocycles. The lowest BCUT2D eigenvalue weighted by atomic mass is 10.3. The molecule has 2 N–H and O–H groups in total. The van der Waals surface area contributed by atoms with E-state index in [9.17, 15) is 14.4 Å². The molecule has 0 unspecified atom stereocenters. The Morgan fingerprint density at radius 1 is 1.45 bits per heavy atom. The number of hydrogen-bond acceptors (Lipinski definition) is 4. The van der Waals surface area contributed by atoms with Crippen molar-refractivity contribution in [2.75, 3.05) is 0 Å². The lowest BCUT2D eigenvalue weighted by Crippen LogP contribution is -2.45. The quantitative estimate of drug-likeness (QED) is 0.871. The standard InChI is InChI=1S/C11H14Cl2N4O3/c1-3-6(2)15-11(20)16-8(18)5-17-10(19)9(13)7(12)4-14-17/h4,6H,3,5H2,1-2H3,(H2,15,16,18,20)/t6-/m0/s1. The van der Waals surface area contributed by atoms with Crippen molar-refractivity contribution >= 4 is 35.1 Å². The van der Waals surface area contributed by atoms with E-state index in [1.165, 1.54) is 0 Å². The van der Waals surface area contributed by atoms with Gasteiger partial charge in [0.05, 0.1) is 11.2 Å². The third-order valence-corrected chi connectivity index (χ3v) is 3.23. The number of hydrogen-bond donors (Lipinski definition) is 2. The molecule has 9 heteroatoms. The van der Waals surface area contributed by atoms with Gasteiger partial charge in [0.25, 0.3) is 5.56 Å². The molecule has 0 fully saturated rings. The summed E-state index contributed by atoms with van der Waals surface area (Å²) in [6.07, 6.45) is 1.88. The van der Waals surface area contributed by atoms with E-state index < -0.39 is 24.0 Å². The number of carbonyl (C=O) groups excluding carboxylic acids is 2. The summed E-state index contributed by atoms with van der Waals surface area (Å²) in [7, 11) is 0. The molecule has 1 rings (SSSR count). The number of rotatable bonds is 4. The molecule has 7 nitrogen and oxygen atoms in total. The van der Waals surface area contributed by atoms with Crippen molar-refractivity contribution < 1.29 is 9.59 Å². The van der Waals surface area contributed by atoms with Gasteiger partial charge < -0.3 is 5.32 Å². The summed E-state index contributed by atoms with van der Waals surface area (Å²) in [5.41, 5.74) is -0.698. The van der Waals surface area contributed by atoms with Gasteiger partial charge in [-0.1, -0.05) is 30.1 Å². The van der Waals surface area contributed by atoms with Crippen molar-refractivity contribution in [3.63, 3.8) is 0 Å². The Labute approximate surface area is 125 Å². The van der Waals surface area contributed by atoms with E-state index in [1.807, 2.05) is 6.92 Å². The lowest BCUT2D eigenvalue weighted by molar-refractivity contribution is -0.120. The molecule has 1 atom stereocenters. The molecule has 20 heavy (non-hydrogen) atoms. The molecule has 1 aromatic heterocycles. The van der Waals surface area contributed by atoms with Crippen molar-refractivity contribution in [2.45, 2.75) is 32.9 Å². The number of amides is 3. The molecule has 0 bridgehead atoms. The van der Waals surface area contributed by atoms with Crippen LogP contribution < -0.4 is 16.2 Å². The summed E-state index contributed by atoms with van der Waals surface area (Å²) in [6, 6.07) is -0.689. The first kappa shape index (κ1) is 16.5. The molecule has 3 amide bonds. The van der Waals surface area contributed by atoms with Gasteiger partial charge in [0, 0.05) is 6.04 Å². The van der Waals surface area contributed by atoms with Crippen LogP contribution in [0.2, 0.25) is 10.0 Å². The second kappa shape index (κ2) is 7.25. The molecule has 0 saturated heterocycles. The molecule has 1 aromatic rings. The van der Waals surface area contributed by atoms with Crippen molar-refractivity contribution in [2.24, 2.45) is 0 Å². The Bertz CT molecular complexity index is 573. The number of nitrogens with one attached hydrogen (secondary N) is 2. The molecule has 0 saturated carbocycles. The number of aromatic nitrogens is 2. The van der Waals surface area contributed by atoms with Gasteiger partial charge in [-0.3, -0.25) is 14.9 Å². The minimum atomic E-state index is -0.698. The number of nitrogens with zero attached hydrogens (tertiary/aromatic N) is 2. The molecule has 110 valence electrons. The van der Waals surface area contributed by atoms with Crippen LogP contribution in [0.15, 0.2) is 11.0 Å². The van der Waals surface area contributed by atoms with Crippen LogP contribution in [0.25, 0.3) is 0 Å². The summed E-state index contributed by atoms with van der Waals surface area (Å²) in [6.45, 7) is 3.27. The van der Waals surface area contributed by atoms with Gasteiger partial charge in [-0.2, -0.15) is 5.10 Å². The van der Waals surface area contributed by atoms with Gasteiger partial charge in [0.15, 0.2) is 0 Å². The van der Waals surface area contributed by atoms with Crippen LogP contribution in [0.3, 0.4) is 0 Å². The van der Waals surface area contributed by atoms with Gasteiger partial charge >= 0.3 is 6.03 Å². The molecule has 1 heterocycles. The largest absolute Gasteiger partial charge is 0.335 e. The SMILES string of the molecule is CC[C@H](C)NC(=O)NC(=O)Cn1ncc(Cl)c(Cl)c1=O. The Balaban J connectivity index is 2.66. The molecule has 0 aliphatic rings. The zero-order valence-electron chi connectivity index (χ0n) is 10.9. The predicted molar refractivity (Wildman–Crippen MR) is 74.9 cm³/mol. The maximum Gasteiger partial charge on any atom is 0.321 e. The minimum absolute atomic E-state index is 0.00263. The number of carbonyl (C=O) groups is 2. The van der Waals surface area contributed by atoms with E-state index in [1.54, 1.807) is 6.92 Å². The Kier molecular flexibility index (Phi) is 5.97. The van der Waals surface area contributed by atoms with E-state index in [2.05, 4.69) is 15.7 Å². The summed E-state index contributed by atoms with van der Waals surface area (Å²) < 4.78 is 0.820. The van der Waals surface area contributed by atoms with Crippen LogP contribution in [-0.2, 0) is 11.3 Å². The van der Waals surface area contributed by atoms with Crippen LogP contribution in [0.4, 0.5) is 4.79 Å². The van der Waals surface area contributed by atoms with E-state index >= 15 is 0 Å². The monoisotopic (exact) mass is 320 g/mol.